The summed E-state index contributed by atoms with van der Waals surface area (Å²) in [5, 5.41) is 3.92. The van der Waals surface area contributed by atoms with Crippen LogP contribution in [-0.2, 0) is 12.8 Å². The molecule has 1 N–H and O–H groups in total. The maximum atomic E-state index is 6.01. The number of aromatic nitrogens is 2. The van der Waals surface area contributed by atoms with Gasteiger partial charge in [0.15, 0.2) is 0 Å². The van der Waals surface area contributed by atoms with E-state index >= 15 is 0 Å². The van der Waals surface area contributed by atoms with Gasteiger partial charge >= 0.3 is 0 Å². The van der Waals surface area contributed by atoms with Gasteiger partial charge in [0.25, 0.3) is 0 Å². The Morgan fingerprint density at radius 3 is 2.83 bits per heavy atom. The minimum Gasteiger partial charge on any atom is -0.369 e. The molecule has 0 radical (unpaired) electrons. The summed E-state index contributed by atoms with van der Waals surface area (Å²) in [6.45, 7) is 1.01. The van der Waals surface area contributed by atoms with Gasteiger partial charge in [0.05, 0.1) is 0 Å². The van der Waals surface area contributed by atoms with Gasteiger partial charge in [-0.15, -0.1) is 11.6 Å². The first-order valence-corrected chi connectivity index (χ1v) is 7.47. The first-order chi connectivity index (χ1) is 8.83. The van der Waals surface area contributed by atoms with E-state index in [1.807, 2.05) is 0 Å². The number of nitrogens with one attached hydrogen (secondary N) is 1. The summed E-state index contributed by atoms with van der Waals surface area (Å²) in [6.07, 6.45) is 10.1. The van der Waals surface area contributed by atoms with E-state index in [-0.39, 0.29) is 0 Å². The molecule has 1 fully saturated rings. The minimum absolute atomic E-state index is 0.402. The first-order valence-electron chi connectivity index (χ1n) is 7.03. The minimum atomic E-state index is 0.402. The lowest BCUT2D eigenvalue weighted by molar-refractivity contribution is 0.341. The van der Waals surface area contributed by atoms with Crippen LogP contribution in [-0.4, -0.2) is 21.9 Å². The van der Waals surface area contributed by atoms with Gasteiger partial charge in [0.2, 0.25) is 0 Å². The summed E-state index contributed by atoms with van der Waals surface area (Å²) in [7, 11) is 0. The summed E-state index contributed by atoms with van der Waals surface area (Å²) < 4.78 is 0. The number of nitrogens with zero attached hydrogens (tertiary/aromatic N) is 2. The number of halogens is 1. The number of anilines is 1. The number of alkyl halides is 1. The molecule has 0 unspecified atom stereocenters. The van der Waals surface area contributed by atoms with E-state index in [1.54, 1.807) is 6.33 Å². The van der Waals surface area contributed by atoms with Crippen LogP contribution >= 0.6 is 11.6 Å². The Morgan fingerprint density at radius 1 is 1.17 bits per heavy atom. The zero-order chi connectivity index (χ0) is 12.4. The van der Waals surface area contributed by atoms with E-state index in [1.165, 1.54) is 30.5 Å². The molecule has 0 aromatic carbocycles. The topological polar surface area (TPSA) is 37.8 Å². The number of rotatable bonds is 3. The predicted molar refractivity (Wildman–Crippen MR) is 74.1 cm³/mol. The van der Waals surface area contributed by atoms with Crippen LogP contribution in [0.25, 0.3) is 0 Å². The maximum Gasteiger partial charge on any atom is 0.132 e. The van der Waals surface area contributed by atoms with Crippen LogP contribution < -0.4 is 5.32 Å². The molecule has 2 aliphatic carbocycles. The fourth-order valence-corrected chi connectivity index (χ4v) is 3.42. The molecule has 0 aliphatic heterocycles. The molecular formula is C14H20ClN3. The Balaban J connectivity index is 1.67. The van der Waals surface area contributed by atoms with Crippen molar-refractivity contribution >= 4 is 17.4 Å². The monoisotopic (exact) mass is 265 g/mol. The fourth-order valence-electron chi connectivity index (χ4n) is 2.91. The largest absolute Gasteiger partial charge is 0.369 e. The van der Waals surface area contributed by atoms with Gasteiger partial charge < -0.3 is 5.32 Å². The summed E-state index contributed by atoms with van der Waals surface area (Å²) in [4.78, 5) is 8.87. The van der Waals surface area contributed by atoms with E-state index in [0.717, 1.165) is 44.0 Å². The smallest absolute Gasteiger partial charge is 0.132 e. The van der Waals surface area contributed by atoms with Crippen LogP contribution in [0.5, 0.6) is 0 Å². The van der Waals surface area contributed by atoms with Crippen molar-refractivity contribution in [2.45, 2.75) is 50.3 Å². The second-order valence-electron chi connectivity index (χ2n) is 5.52. The van der Waals surface area contributed by atoms with Crippen LogP contribution in [0.4, 0.5) is 5.82 Å². The number of hydrogen-bond donors (Lipinski definition) is 1. The van der Waals surface area contributed by atoms with Crippen molar-refractivity contribution in [3.63, 3.8) is 0 Å². The highest BCUT2D eigenvalue weighted by atomic mass is 35.5. The van der Waals surface area contributed by atoms with E-state index in [4.69, 9.17) is 11.6 Å². The molecule has 1 saturated carbocycles. The summed E-state index contributed by atoms with van der Waals surface area (Å²) in [6, 6.07) is 0. The molecule has 3 rings (SSSR count). The van der Waals surface area contributed by atoms with Gasteiger partial charge in [-0.05, 0) is 44.4 Å². The maximum absolute atomic E-state index is 6.01. The molecule has 0 atom stereocenters. The molecule has 3 nitrogen and oxygen atoms in total. The highest BCUT2D eigenvalue weighted by Gasteiger charge is 2.27. The highest BCUT2D eigenvalue weighted by molar-refractivity contribution is 6.21. The zero-order valence-corrected chi connectivity index (χ0v) is 11.4. The molecule has 0 saturated heterocycles. The van der Waals surface area contributed by atoms with Crippen molar-refractivity contribution in [1.82, 2.24) is 9.97 Å². The lowest BCUT2D eigenvalue weighted by Crippen LogP contribution is -2.30. The normalized spacial score (nSPS) is 26.9. The van der Waals surface area contributed by atoms with E-state index in [9.17, 15) is 0 Å². The van der Waals surface area contributed by atoms with E-state index in [2.05, 4.69) is 15.3 Å². The summed E-state index contributed by atoms with van der Waals surface area (Å²) in [5.74, 6) is 1.80. The van der Waals surface area contributed by atoms with Gasteiger partial charge in [0.1, 0.15) is 12.1 Å². The summed E-state index contributed by atoms with van der Waals surface area (Å²) >= 11 is 6.01. The van der Waals surface area contributed by atoms with E-state index < -0.39 is 0 Å². The standard InChI is InChI=1S/C14H20ClN3/c15-11-6-10(7-11)8-16-14-12-4-2-1-3-5-13(12)17-9-18-14/h9-11H,1-8H2,(H,16,17,18). The molecule has 18 heavy (non-hydrogen) atoms. The number of aryl methyl sites for hydroxylation is 1. The third-order valence-corrected chi connectivity index (χ3v) is 4.47. The van der Waals surface area contributed by atoms with Gasteiger partial charge in [-0.1, -0.05) is 6.42 Å². The predicted octanol–water partition coefficient (Wildman–Crippen LogP) is 3.17. The van der Waals surface area contributed by atoms with Crippen molar-refractivity contribution in [2.24, 2.45) is 5.92 Å². The highest BCUT2D eigenvalue weighted by Crippen LogP contribution is 2.32. The van der Waals surface area contributed by atoms with Gasteiger partial charge in [-0.2, -0.15) is 0 Å². The van der Waals surface area contributed by atoms with Crippen LogP contribution in [0.2, 0.25) is 0 Å². The second-order valence-corrected chi connectivity index (χ2v) is 6.14. The lowest BCUT2D eigenvalue weighted by atomic mass is 9.85. The number of hydrogen-bond acceptors (Lipinski definition) is 3. The molecule has 4 heteroatoms. The molecule has 0 amide bonds. The average molecular weight is 266 g/mol. The van der Waals surface area contributed by atoms with Gasteiger partial charge in [-0.25, -0.2) is 9.97 Å². The van der Waals surface area contributed by atoms with Crippen molar-refractivity contribution in [1.29, 1.82) is 0 Å². The molecule has 0 spiro atoms. The molecular weight excluding hydrogens is 246 g/mol. The second kappa shape index (κ2) is 5.43. The molecule has 2 aliphatic rings. The molecule has 0 bridgehead atoms. The Bertz CT molecular complexity index is 416. The molecule has 1 aromatic rings. The van der Waals surface area contributed by atoms with E-state index in [0.29, 0.717) is 5.38 Å². The lowest BCUT2D eigenvalue weighted by Gasteiger charge is -2.31. The first kappa shape index (κ1) is 12.2. The molecule has 1 aromatic heterocycles. The van der Waals surface area contributed by atoms with Crippen LogP contribution in [0.3, 0.4) is 0 Å². The Kier molecular flexibility index (Phi) is 3.69. The average Bonchev–Trinajstić information content (AvgIpc) is 2.58. The van der Waals surface area contributed by atoms with Crippen LogP contribution in [0, 0.1) is 5.92 Å². The van der Waals surface area contributed by atoms with Crippen molar-refractivity contribution in [3.8, 4) is 0 Å². The Labute approximate surface area is 113 Å². The quantitative estimate of drug-likeness (QED) is 0.674. The van der Waals surface area contributed by atoms with Gasteiger partial charge in [0, 0.05) is 23.2 Å². The fraction of sp³-hybridized carbons (Fsp3) is 0.714. The molecule has 98 valence electrons. The van der Waals surface area contributed by atoms with Crippen molar-refractivity contribution in [3.05, 3.63) is 17.6 Å². The Hall–Kier alpha value is -0.830. The third kappa shape index (κ3) is 2.61. The number of fused-ring (bicyclic) bond motifs is 1. The SMILES string of the molecule is ClC1CC(CNc2ncnc3c2CCCCC3)C1. The van der Waals surface area contributed by atoms with Crippen LogP contribution in [0.1, 0.15) is 43.4 Å². The van der Waals surface area contributed by atoms with Gasteiger partial charge in [-0.3, -0.25) is 0 Å². The Morgan fingerprint density at radius 2 is 2.00 bits per heavy atom. The molecule has 1 heterocycles. The zero-order valence-electron chi connectivity index (χ0n) is 10.7. The van der Waals surface area contributed by atoms with Crippen molar-refractivity contribution in [2.75, 3.05) is 11.9 Å². The summed E-state index contributed by atoms with van der Waals surface area (Å²) in [5.41, 5.74) is 2.62. The van der Waals surface area contributed by atoms with Crippen molar-refractivity contribution < 1.29 is 0 Å². The van der Waals surface area contributed by atoms with Crippen LogP contribution in [0.15, 0.2) is 6.33 Å². The third-order valence-electron chi connectivity index (χ3n) is 4.11.